The smallest absolute Gasteiger partial charge is 0.134 e. The molecule has 3 atom stereocenters. The molecule has 0 amide bonds. The standard InChI is InChI=1S/C7H13ClO/c1-3-6-5(2)4-9-7(6)8/h5-7H,3-4H2,1-2H3. The van der Waals surface area contributed by atoms with Crippen LogP contribution in [0.15, 0.2) is 0 Å². The van der Waals surface area contributed by atoms with Gasteiger partial charge in [0.05, 0.1) is 6.61 Å². The van der Waals surface area contributed by atoms with Gasteiger partial charge >= 0.3 is 0 Å². The van der Waals surface area contributed by atoms with Crippen molar-refractivity contribution in [2.75, 3.05) is 6.61 Å². The van der Waals surface area contributed by atoms with Crippen molar-refractivity contribution in [1.82, 2.24) is 0 Å². The predicted molar refractivity (Wildman–Crippen MR) is 38.5 cm³/mol. The first-order valence-electron chi connectivity index (χ1n) is 3.51. The summed E-state index contributed by atoms with van der Waals surface area (Å²) in [6.45, 7) is 5.19. The summed E-state index contributed by atoms with van der Waals surface area (Å²) in [5.41, 5.74) is -0.0231. The number of rotatable bonds is 1. The molecule has 1 heterocycles. The van der Waals surface area contributed by atoms with Crippen LogP contribution < -0.4 is 0 Å². The van der Waals surface area contributed by atoms with Crippen LogP contribution in [0.3, 0.4) is 0 Å². The molecule has 1 aliphatic heterocycles. The summed E-state index contributed by atoms with van der Waals surface area (Å²) in [5.74, 6) is 1.23. The van der Waals surface area contributed by atoms with Gasteiger partial charge in [0.15, 0.2) is 0 Å². The largest absolute Gasteiger partial charge is 0.362 e. The van der Waals surface area contributed by atoms with Crippen molar-refractivity contribution in [3.63, 3.8) is 0 Å². The Morgan fingerprint density at radius 3 is 2.56 bits per heavy atom. The highest BCUT2D eigenvalue weighted by molar-refractivity contribution is 6.20. The molecule has 1 fully saturated rings. The molecule has 54 valence electrons. The molecule has 0 spiro atoms. The monoisotopic (exact) mass is 148 g/mol. The highest BCUT2D eigenvalue weighted by Crippen LogP contribution is 2.31. The van der Waals surface area contributed by atoms with Crippen LogP contribution in [0, 0.1) is 11.8 Å². The summed E-state index contributed by atoms with van der Waals surface area (Å²) in [6.07, 6.45) is 1.13. The minimum atomic E-state index is -0.0231. The van der Waals surface area contributed by atoms with Crippen LogP contribution in [0.2, 0.25) is 0 Å². The molecule has 2 heteroatoms. The fraction of sp³-hybridized carbons (Fsp3) is 1.00. The maximum atomic E-state index is 5.85. The van der Waals surface area contributed by atoms with Gasteiger partial charge in [0, 0.05) is 5.92 Å². The van der Waals surface area contributed by atoms with Crippen LogP contribution in [-0.4, -0.2) is 12.2 Å². The van der Waals surface area contributed by atoms with E-state index in [1.165, 1.54) is 0 Å². The molecule has 1 aliphatic rings. The lowest BCUT2D eigenvalue weighted by molar-refractivity contribution is 0.150. The van der Waals surface area contributed by atoms with E-state index >= 15 is 0 Å². The second-order valence-corrected chi connectivity index (χ2v) is 3.16. The van der Waals surface area contributed by atoms with Crippen molar-refractivity contribution in [2.45, 2.75) is 25.8 Å². The van der Waals surface area contributed by atoms with E-state index in [0.717, 1.165) is 13.0 Å². The average molecular weight is 149 g/mol. The minimum Gasteiger partial charge on any atom is -0.362 e. The molecule has 0 radical (unpaired) electrons. The SMILES string of the molecule is CCC1C(C)COC1Cl. The molecule has 9 heavy (non-hydrogen) atoms. The quantitative estimate of drug-likeness (QED) is 0.519. The van der Waals surface area contributed by atoms with Crippen molar-refractivity contribution in [3.05, 3.63) is 0 Å². The number of halogens is 1. The van der Waals surface area contributed by atoms with Gasteiger partial charge < -0.3 is 4.74 Å². The maximum absolute atomic E-state index is 5.85. The Kier molecular flexibility index (Phi) is 2.36. The molecule has 0 aromatic heterocycles. The van der Waals surface area contributed by atoms with E-state index in [9.17, 15) is 0 Å². The fourth-order valence-corrected chi connectivity index (χ4v) is 1.84. The predicted octanol–water partition coefficient (Wildman–Crippen LogP) is 2.24. The van der Waals surface area contributed by atoms with Crippen molar-refractivity contribution in [1.29, 1.82) is 0 Å². The lowest BCUT2D eigenvalue weighted by Gasteiger charge is -2.12. The second-order valence-electron chi connectivity index (χ2n) is 2.73. The zero-order chi connectivity index (χ0) is 6.85. The zero-order valence-corrected chi connectivity index (χ0v) is 6.69. The van der Waals surface area contributed by atoms with Crippen LogP contribution in [0.25, 0.3) is 0 Å². The normalized spacial score (nSPS) is 43.7. The van der Waals surface area contributed by atoms with Gasteiger partial charge in [0.1, 0.15) is 5.56 Å². The van der Waals surface area contributed by atoms with Crippen LogP contribution in [0.4, 0.5) is 0 Å². The Morgan fingerprint density at radius 1 is 1.67 bits per heavy atom. The van der Waals surface area contributed by atoms with Gasteiger partial charge in [-0.3, -0.25) is 0 Å². The summed E-state index contributed by atoms with van der Waals surface area (Å²) in [4.78, 5) is 0. The molecular formula is C7H13ClO. The van der Waals surface area contributed by atoms with Gasteiger partial charge in [0.25, 0.3) is 0 Å². The topological polar surface area (TPSA) is 9.23 Å². The Bertz CT molecular complexity index is 84.9. The molecule has 3 unspecified atom stereocenters. The van der Waals surface area contributed by atoms with E-state index in [4.69, 9.17) is 16.3 Å². The molecule has 1 saturated heterocycles. The number of ether oxygens (including phenoxy) is 1. The Labute approximate surface area is 61.3 Å². The van der Waals surface area contributed by atoms with Gasteiger partial charge in [0.2, 0.25) is 0 Å². The van der Waals surface area contributed by atoms with Crippen molar-refractivity contribution in [2.24, 2.45) is 11.8 Å². The van der Waals surface area contributed by atoms with Gasteiger partial charge in [-0.2, -0.15) is 0 Å². The lowest BCUT2D eigenvalue weighted by Crippen LogP contribution is -2.12. The third-order valence-corrected chi connectivity index (χ3v) is 2.51. The minimum absolute atomic E-state index is 0.0231. The molecule has 0 aromatic carbocycles. The van der Waals surface area contributed by atoms with E-state index in [2.05, 4.69) is 13.8 Å². The van der Waals surface area contributed by atoms with Crippen molar-refractivity contribution in [3.8, 4) is 0 Å². The Hall–Kier alpha value is 0.250. The van der Waals surface area contributed by atoms with Gasteiger partial charge in [-0.1, -0.05) is 25.4 Å². The van der Waals surface area contributed by atoms with E-state index < -0.39 is 0 Å². The molecule has 0 aliphatic carbocycles. The summed E-state index contributed by atoms with van der Waals surface area (Å²) in [5, 5.41) is 0. The van der Waals surface area contributed by atoms with Crippen molar-refractivity contribution >= 4 is 11.6 Å². The zero-order valence-electron chi connectivity index (χ0n) is 5.93. The third-order valence-electron chi connectivity index (χ3n) is 2.06. The number of alkyl halides is 1. The molecular weight excluding hydrogens is 136 g/mol. The van der Waals surface area contributed by atoms with E-state index in [1.807, 2.05) is 0 Å². The first kappa shape index (κ1) is 7.36. The van der Waals surface area contributed by atoms with Crippen LogP contribution in [0.5, 0.6) is 0 Å². The molecule has 0 bridgehead atoms. The first-order valence-corrected chi connectivity index (χ1v) is 3.95. The summed E-state index contributed by atoms with van der Waals surface area (Å²) >= 11 is 5.85. The summed E-state index contributed by atoms with van der Waals surface area (Å²) < 4.78 is 5.23. The average Bonchev–Trinajstić information content (AvgIpc) is 2.12. The number of hydrogen-bond donors (Lipinski definition) is 0. The third kappa shape index (κ3) is 1.39. The van der Waals surface area contributed by atoms with E-state index in [1.54, 1.807) is 0 Å². The summed E-state index contributed by atoms with van der Waals surface area (Å²) in [7, 11) is 0. The maximum Gasteiger partial charge on any atom is 0.134 e. The lowest BCUT2D eigenvalue weighted by atomic mass is 9.96. The molecule has 0 N–H and O–H groups in total. The first-order chi connectivity index (χ1) is 4.25. The van der Waals surface area contributed by atoms with Crippen LogP contribution in [0.1, 0.15) is 20.3 Å². The molecule has 1 nitrogen and oxygen atoms in total. The Morgan fingerprint density at radius 2 is 2.33 bits per heavy atom. The molecule has 0 saturated carbocycles. The van der Waals surface area contributed by atoms with Crippen LogP contribution in [-0.2, 0) is 4.74 Å². The van der Waals surface area contributed by atoms with Crippen molar-refractivity contribution < 1.29 is 4.74 Å². The number of hydrogen-bond acceptors (Lipinski definition) is 1. The van der Waals surface area contributed by atoms with E-state index in [0.29, 0.717) is 11.8 Å². The molecule has 0 aromatic rings. The van der Waals surface area contributed by atoms with Crippen LogP contribution >= 0.6 is 11.6 Å². The fourth-order valence-electron chi connectivity index (χ4n) is 1.34. The van der Waals surface area contributed by atoms with Gasteiger partial charge in [-0.15, -0.1) is 0 Å². The summed E-state index contributed by atoms with van der Waals surface area (Å²) in [6, 6.07) is 0. The van der Waals surface area contributed by atoms with Gasteiger partial charge in [-0.25, -0.2) is 0 Å². The van der Waals surface area contributed by atoms with E-state index in [-0.39, 0.29) is 5.56 Å². The highest BCUT2D eigenvalue weighted by Gasteiger charge is 2.30. The molecule has 1 rings (SSSR count). The highest BCUT2D eigenvalue weighted by atomic mass is 35.5. The Balaban J connectivity index is 2.44. The van der Waals surface area contributed by atoms with Gasteiger partial charge in [-0.05, 0) is 12.3 Å². The second kappa shape index (κ2) is 2.89.